The van der Waals surface area contributed by atoms with Gasteiger partial charge >= 0.3 is 0 Å². The standard InChI is InChI=1S/C14H15N5O2S/c15-10(13-18-19-14(21-13)22-7-12(16)20)5-8-6-17-11-4-2-1-3-9(8)11/h1-4,6,10,17H,5,7,15H2,(H2,16,20)/p+1. The lowest BCUT2D eigenvalue weighted by Gasteiger charge is -2.02. The molecule has 8 heteroatoms. The van der Waals surface area contributed by atoms with E-state index in [1.54, 1.807) is 0 Å². The third kappa shape index (κ3) is 3.12. The SMILES string of the molecule is NC(=O)CSc1nnc(C([NH3+])Cc2c[nH]c3ccccc23)o1. The first kappa shape index (κ1) is 14.6. The van der Waals surface area contributed by atoms with Crippen LogP contribution in [0.15, 0.2) is 40.1 Å². The van der Waals surface area contributed by atoms with Crippen molar-refractivity contribution in [2.45, 2.75) is 17.7 Å². The van der Waals surface area contributed by atoms with Crippen LogP contribution < -0.4 is 11.5 Å². The number of amides is 1. The highest BCUT2D eigenvalue weighted by molar-refractivity contribution is 7.99. The van der Waals surface area contributed by atoms with Crippen molar-refractivity contribution >= 4 is 28.6 Å². The van der Waals surface area contributed by atoms with Gasteiger partial charge in [0.05, 0.1) is 5.75 Å². The van der Waals surface area contributed by atoms with Gasteiger partial charge in [-0.2, -0.15) is 0 Å². The van der Waals surface area contributed by atoms with E-state index in [1.165, 1.54) is 5.39 Å². The van der Waals surface area contributed by atoms with Crippen LogP contribution in [-0.2, 0) is 11.2 Å². The molecule has 0 aliphatic carbocycles. The predicted molar refractivity (Wildman–Crippen MR) is 81.8 cm³/mol. The van der Waals surface area contributed by atoms with E-state index in [9.17, 15) is 4.79 Å². The Kier molecular flexibility index (Phi) is 4.12. The van der Waals surface area contributed by atoms with Crippen molar-refractivity contribution in [1.29, 1.82) is 0 Å². The van der Waals surface area contributed by atoms with Gasteiger partial charge in [-0.15, -0.1) is 10.2 Å². The zero-order valence-corrected chi connectivity index (χ0v) is 12.6. The number of hydrogen-bond donors (Lipinski definition) is 3. The number of para-hydroxylation sites is 1. The number of carbonyl (C=O) groups is 1. The van der Waals surface area contributed by atoms with Crippen molar-refractivity contribution in [2.24, 2.45) is 5.73 Å². The van der Waals surface area contributed by atoms with Crippen molar-refractivity contribution in [3.8, 4) is 0 Å². The first-order valence-corrected chi connectivity index (χ1v) is 7.74. The number of H-pyrrole nitrogens is 1. The molecule has 1 aromatic carbocycles. The third-order valence-electron chi connectivity index (χ3n) is 3.25. The number of aromatic amines is 1. The molecule has 3 aromatic rings. The molecule has 3 rings (SSSR count). The fourth-order valence-electron chi connectivity index (χ4n) is 2.23. The fourth-order valence-corrected chi connectivity index (χ4v) is 2.74. The Bertz CT molecular complexity index is 797. The van der Waals surface area contributed by atoms with Gasteiger partial charge in [-0.05, 0) is 11.6 Å². The van der Waals surface area contributed by atoms with Crippen LogP contribution in [-0.4, -0.2) is 26.8 Å². The van der Waals surface area contributed by atoms with Gasteiger partial charge in [0.25, 0.3) is 11.1 Å². The molecule has 1 unspecified atom stereocenters. The van der Waals surface area contributed by atoms with Crippen LogP contribution >= 0.6 is 11.8 Å². The molecule has 0 spiro atoms. The Morgan fingerprint density at radius 1 is 1.41 bits per heavy atom. The highest BCUT2D eigenvalue weighted by atomic mass is 32.2. The van der Waals surface area contributed by atoms with E-state index in [-0.39, 0.29) is 11.8 Å². The Morgan fingerprint density at radius 3 is 3.05 bits per heavy atom. The van der Waals surface area contributed by atoms with E-state index in [4.69, 9.17) is 10.2 Å². The molecule has 2 heterocycles. The number of nitrogens with zero attached hydrogens (tertiary/aromatic N) is 2. The Morgan fingerprint density at radius 2 is 2.23 bits per heavy atom. The van der Waals surface area contributed by atoms with E-state index in [1.807, 2.05) is 24.4 Å². The number of nitrogens with one attached hydrogen (secondary N) is 1. The number of nitrogens with two attached hydrogens (primary N) is 1. The van der Waals surface area contributed by atoms with Gasteiger partial charge in [0.15, 0.2) is 6.04 Å². The minimum absolute atomic E-state index is 0.117. The van der Waals surface area contributed by atoms with Gasteiger partial charge in [-0.25, -0.2) is 0 Å². The fraction of sp³-hybridized carbons (Fsp3) is 0.214. The molecule has 0 bridgehead atoms. The summed E-state index contributed by atoms with van der Waals surface area (Å²) in [7, 11) is 0. The number of thioether (sulfide) groups is 1. The number of carbonyl (C=O) groups excluding carboxylic acids is 1. The van der Waals surface area contributed by atoms with Gasteiger partial charge in [-0.1, -0.05) is 30.0 Å². The number of aromatic nitrogens is 3. The molecule has 22 heavy (non-hydrogen) atoms. The summed E-state index contributed by atoms with van der Waals surface area (Å²) in [6, 6.07) is 7.93. The van der Waals surface area contributed by atoms with Crippen molar-refractivity contribution in [3.63, 3.8) is 0 Å². The second-order valence-corrected chi connectivity index (χ2v) is 5.85. The molecule has 0 fully saturated rings. The first-order valence-electron chi connectivity index (χ1n) is 6.76. The Balaban J connectivity index is 1.71. The van der Waals surface area contributed by atoms with Gasteiger partial charge < -0.3 is 20.9 Å². The lowest BCUT2D eigenvalue weighted by molar-refractivity contribution is -0.431. The molecule has 0 saturated carbocycles. The molecular formula is C14H16N5O2S+. The van der Waals surface area contributed by atoms with E-state index in [0.717, 1.165) is 22.8 Å². The highest BCUT2D eigenvalue weighted by Gasteiger charge is 2.20. The molecule has 2 aromatic heterocycles. The monoisotopic (exact) mass is 318 g/mol. The molecule has 0 radical (unpaired) electrons. The summed E-state index contributed by atoms with van der Waals surface area (Å²) in [6.07, 6.45) is 2.66. The summed E-state index contributed by atoms with van der Waals surface area (Å²) in [5.74, 6) is 0.151. The lowest BCUT2D eigenvalue weighted by atomic mass is 10.1. The lowest BCUT2D eigenvalue weighted by Crippen LogP contribution is -2.54. The van der Waals surface area contributed by atoms with Gasteiger partial charge in [0, 0.05) is 23.5 Å². The summed E-state index contributed by atoms with van der Waals surface area (Å²) < 4.78 is 5.52. The van der Waals surface area contributed by atoms with Crippen LogP contribution in [0.3, 0.4) is 0 Å². The number of rotatable bonds is 6. The average Bonchev–Trinajstić information content (AvgIpc) is 3.13. The number of fused-ring (bicyclic) bond motifs is 1. The van der Waals surface area contributed by atoms with Gasteiger partial charge in [0.1, 0.15) is 0 Å². The second-order valence-electron chi connectivity index (χ2n) is 4.92. The van der Waals surface area contributed by atoms with Crippen molar-refractivity contribution < 1.29 is 14.9 Å². The van der Waals surface area contributed by atoms with E-state index in [2.05, 4.69) is 27.0 Å². The van der Waals surface area contributed by atoms with Crippen LogP contribution in [0.5, 0.6) is 0 Å². The van der Waals surface area contributed by atoms with Crippen LogP contribution in [0, 0.1) is 0 Å². The molecule has 114 valence electrons. The van der Waals surface area contributed by atoms with E-state index >= 15 is 0 Å². The maximum Gasteiger partial charge on any atom is 0.277 e. The normalized spacial score (nSPS) is 12.6. The Labute approximate surface area is 130 Å². The topological polar surface area (TPSA) is 125 Å². The zero-order chi connectivity index (χ0) is 15.5. The van der Waals surface area contributed by atoms with Crippen LogP contribution in [0.25, 0.3) is 10.9 Å². The van der Waals surface area contributed by atoms with Crippen molar-refractivity contribution in [3.05, 3.63) is 41.9 Å². The van der Waals surface area contributed by atoms with Crippen LogP contribution in [0.1, 0.15) is 17.5 Å². The summed E-state index contributed by atoms with van der Waals surface area (Å²) in [4.78, 5) is 14.0. The largest absolute Gasteiger partial charge is 0.410 e. The molecular weight excluding hydrogens is 302 g/mol. The minimum atomic E-state index is -0.422. The Hall–Kier alpha value is -2.32. The number of hydrogen-bond acceptors (Lipinski definition) is 5. The molecule has 0 aliphatic heterocycles. The first-order chi connectivity index (χ1) is 10.6. The predicted octanol–water partition coefficient (Wildman–Crippen LogP) is 0.654. The summed E-state index contributed by atoms with van der Waals surface area (Å²) in [5, 5.41) is 9.38. The van der Waals surface area contributed by atoms with Gasteiger partial charge in [-0.3, -0.25) is 4.79 Å². The maximum absolute atomic E-state index is 10.7. The van der Waals surface area contributed by atoms with Crippen molar-refractivity contribution in [2.75, 3.05) is 5.75 Å². The molecule has 0 aliphatic rings. The molecule has 0 saturated heterocycles. The van der Waals surface area contributed by atoms with Crippen LogP contribution in [0.4, 0.5) is 0 Å². The zero-order valence-electron chi connectivity index (χ0n) is 11.8. The average molecular weight is 318 g/mol. The molecule has 1 amide bonds. The second kappa shape index (κ2) is 6.20. The maximum atomic E-state index is 10.7. The van der Waals surface area contributed by atoms with E-state index in [0.29, 0.717) is 17.5 Å². The highest BCUT2D eigenvalue weighted by Crippen LogP contribution is 2.23. The van der Waals surface area contributed by atoms with E-state index < -0.39 is 5.91 Å². The number of quaternary nitrogens is 1. The van der Waals surface area contributed by atoms with Crippen molar-refractivity contribution in [1.82, 2.24) is 15.2 Å². The summed E-state index contributed by atoms with van der Waals surface area (Å²) >= 11 is 1.13. The summed E-state index contributed by atoms with van der Waals surface area (Å²) in [6.45, 7) is 0. The minimum Gasteiger partial charge on any atom is -0.410 e. The number of primary amides is 1. The smallest absolute Gasteiger partial charge is 0.277 e. The summed E-state index contributed by atoms with van der Waals surface area (Å²) in [5.41, 5.74) is 11.4. The molecule has 6 N–H and O–H groups in total. The van der Waals surface area contributed by atoms with Crippen LogP contribution in [0.2, 0.25) is 0 Å². The molecule has 7 nitrogen and oxygen atoms in total. The third-order valence-corrected chi connectivity index (χ3v) is 4.09. The molecule has 1 atom stereocenters. The van der Waals surface area contributed by atoms with Gasteiger partial charge in [0.2, 0.25) is 5.91 Å². The number of benzene rings is 1. The quantitative estimate of drug-likeness (QED) is 0.575.